The summed E-state index contributed by atoms with van der Waals surface area (Å²) in [5.41, 5.74) is 2.35. The van der Waals surface area contributed by atoms with Crippen LogP contribution in [0.15, 0.2) is 24.3 Å². The number of hydrogen-bond donors (Lipinski definition) is 0. The average molecular weight is 367 g/mol. The molecule has 0 aromatic heterocycles. The van der Waals surface area contributed by atoms with Crippen molar-refractivity contribution in [1.82, 2.24) is 0 Å². The summed E-state index contributed by atoms with van der Waals surface area (Å²) in [4.78, 5) is 11.3. The van der Waals surface area contributed by atoms with Gasteiger partial charge < -0.3 is 13.9 Å². The van der Waals surface area contributed by atoms with Crippen LogP contribution in [0.25, 0.3) is 0 Å². The Kier molecular flexibility index (Phi) is 8.83. The minimum Gasteiger partial charge on any atom is -0.464 e. The van der Waals surface area contributed by atoms with E-state index < -0.39 is 8.32 Å². The second-order valence-electron chi connectivity index (χ2n) is 7.83. The molecule has 0 spiro atoms. The van der Waals surface area contributed by atoms with Gasteiger partial charge in [-0.15, -0.1) is 0 Å². The molecule has 0 aliphatic heterocycles. The van der Waals surface area contributed by atoms with Crippen molar-refractivity contribution in [3.63, 3.8) is 0 Å². The fraction of sp³-hybridized carbons (Fsp3) is 0.650. The minimum absolute atomic E-state index is 0.00157. The van der Waals surface area contributed by atoms with Crippen LogP contribution in [-0.4, -0.2) is 34.1 Å². The Morgan fingerprint density at radius 1 is 1.16 bits per heavy atom. The Morgan fingerprint density at radius 2 is 1.84 bits per heavy atom. The molecule has 0 saturated carbocycles. The molecule has 0 aliphatic rings. The predicted octanol–water partition coefficient (Wildman–Crippen LogP) is 4.72. The van der Waals surface area contributed by atoms with E-state index in [9.17, 15) is 4.79 Å². The summed E-state index contributed by atoms with van der Waals surface area (Å²) >= 11 is 0. The van der Waals surface area contributed by atoms with E-state index in [4.69, 9.17) is 13.9 Å². The lowest BCUT2D eigenvalue weighted by Gasteiger charge is -2.36. The zero-order chi connectivity index (χ0) is 18.9. The van der Waals surface area contributed by atoms with Crippen molar-refractivity contribution >= 4 is 14.3 Å². The monoisotopic (exact) mass is 366 g/mol. The van der Waals surface area contributed by atoms with Crippen LogP contribution >= 0.6 is 0 Å². The van der Waals surface area contributed by atoms with Crippen LogP contribution < -0.4 is 0 Å². The molecule has 1 aromatic carbocycles. The summed E-state index contributed by atoms with van der Waals surface area (Å²) in [5, 5.41) is 0.253. The molecule has 0 saturated heterocycles. The summed E-state index contributed by atoms with van der Waals surface area (Å²) in [5.74, 6) is -0.318. The number of rotatable bonds is 10. The molecule has 25 heavy (non-hydrogen) atoms. The Hall–Kier alpha value is -1.17. The minimum atomic E-state index is -1.65. The molecule has 5 heteroatoms. The highest BCUT2D eigenvalue weighted by Gasteiger charge is 2.36. The summed E-state index contributed by atoms with van der Waals surface area (Å²) in [6, 6.07) is 8.31. The number of carbonyl (C=O) groups is 1. The number of carbonyl (C=O) groups excluding carboxylic acids is 1. The van der Waals surface area contributed by atoms with Gasteiger partial charge in [0.2, 0.25) is 0 Å². The summed E-state index contributed by atoms with van der Waals surface area (Å²) < 4.78 is 16.5. The normalized spacial score (nSPS) is 12.2. The lowest BCUT2D eigenvalue weighted by molar-refractivity contribution is -0.148. The highest BCUT2D eigenvalue weighted by atomic mass is 28.4. The van der Waals surface area contributed by atoms with Gasteiger partial charge >= 0.3 is 5.97 Å². The van der Waals surface area contributed by atoms with Gasteiger partial charge in [0.1, 0.15) is 6.61 Å². The summed E-state index contributed by atoms with van der Waals surface area (Å²) in [7, 11) is -1.65. The van der Waals surface area contributed by atoms with Crippen LogP contribution in [0.5, 0.6) is 0 Å². The standard InChI is InChI=1S/C20H34O4Si/c1-7-23-19(21)16-22-15-18-11-8-10-17(14-18)12-9-13-24-25(5,6)20(2,3)4/h8,10-11,14H,7,9,12-13,15-16H2,1-6H3. The van der Waals surface area contributed by atoms with E-state index in [-0.39, 0.29) is 17.6 Å². The molecular weight excluding hydrogens is 332 g/mol. The van der Waals surface area contributed by atoms with Crippen molar-refractivity contribution in [1.29, 1.82) is 0 Å². The molecule has 0 heterocycles. The first kappa shape index (κ1) is 21.9. The van der Waals surface area contributed by atoms with Gasteiger partial charge in [-0.05, 0) is 49.0 Å². The first-order valence-corrected chi connectivity index (χ1v) is 12.0. The molecule has 4 nitrogen and oxygen atoms in total. The van der Waals surface area contributed by atoms with E-state index in [0.29, 0.717) is 13.2 Å². The number of esters is 1. The molecule has 0 atom stereocenters. The Labute approximate surface area is 154 Å². The third kappa shape index (κ3) is 8.16. The average Bonchev–Trinajstić information content (AvgIpc) is 2.51. The third-order valence-corrected chi connectivity index (χ3v) is 9.20. The van der Waals surface area contributed by atoms with Crippen molar-refractivity contribution in [2.24, 2.45) is 0 Å². The Morgan fingerprint density at radius 3 is 2.48 bits per heavy atom. The zero-order valence-corrected chi connectivity index (χ0v) is 17.7. The van der Waals surface area contributed by atoms with E-state index >= 15 is 0 Å². The van der Waals surface area contributed by atoms with E-state index in [2.05, 4.69) is 46.0 Å². The van der Waals surface area contributed by atoms with Gasteiger partial charge in [0.05, 0.1) is 13.2 Å². The molecule has 0 bridgehead atoms. The quantitative estimate of drug-likeness (QED) is 0.341. The molecular formula is C20H34O4Si. The van der Waals surface area contributed by atoms with E-state index in [1.165, 1.54) is 5.56 Å². The first-order valence-electron chi connectivity index (χ1n) is 9.11. The van der Waals surface area contributed by atoms with Gasteiger partial charge in [0.25, 0.3) is 0 Å². The summed E-state index contributed by atoms with van der Waals surface area (Å²) in [6.07, 6.45) is 2.00. The maximum atomic E-state index is 11.3. The Bertz CT molecular complexity index is 535. The molecule has 142 valence electrons. The smallest absolute Gasteiger partial charge is 0.332 e. The SMILES string of the molecule is CCOC(=O)COCc1cccc(CCCO[Si](C)(C)C(C)(C)C)c1. The van der Waals surface area contributed by atoms with Gasteiger partial charge in [0.15, 0.2) is 8.32 Å². The highest BCUT2D eigenvalue weighted by molar-refractivity contribution is 6.74. The molecule has 1 rings (SSSR count). The molecule has 1 aromatic rings. The lowest BCUT2D eigenvalue weighted by atomic mass is 10.1. The van der Waals surface area contributed by atoms with E-state index in [0.717, 1.165) is 25.0 Å². The van der Waals surface area contributed by atoms with Gasteiger partial charge in [-0.1, -0.05) is 45.0 Å². The van der Waals surface area contributed by atoms with Crippen LogP contribution in [0.1, 0.15) is 45.2 Å². The van der Waals surface area contributed by atoms with Crippen molar-refractivity contribution in [3.8, 4) is 0 Å². The topological polar surface area (TPSA) is 44.8 Å². The number of aryl methyl sites for hydroxylation is 1. The zero-order valence-electron chi connectivity index (χ0n) is 16.7. The summed E-state index contributed by atoms with van der Waals surface area (Å²) in [6.45, 7) is 14.8. The maximum absolute atomic E-state index is 11.3. The molecule has 0 fully saturated rings. The Balaban J connectivity index is 2.37. The largest absolute Gasteiger partial charge is 0.464 e. The fourth-order valence-electron chi connectivity index (χ4n) is 2.15. The maximum Gasteiger partial charge on any atom is 0.332 e. The first-order chi connectivity index (χ1) is 11.7. The molecule has 0 amide bonds. The third-order valence-electron chi connectivity index (χ3n) is 4.66. The van der Waals surface area contributed by atoms with Gasteiger partial charge in [0, 0.05) is 6.61 Å². The second kappa shape index (κ2) is 10.1. The second-order valence-corrected chi connectivity index (χ2v) is 12.6. The van der Waals surface area contributed by atoms with Crippen LogP contribution in [0.2, 0.25) is 18.1 Å². The van der Waals surface area contributed by atoms with Crippen LogP contribution in [-0.2, 0) is 31.7 Å². The van der Waals surface area contributed by atoms with Crippen LogP contribution in [0.4, 0.5) is 0 Å². The van der Waals surface area contributed by atoms with Crippen molar-refractivity contribution in [2.75, 3.05) is 19.8 Å². The predicted molar refractivity (Wildman–Crippen MR) is 104 cm³/mol. The molecule has 0 radical (unpaired) electrons. The van der Waals surface area contributed by atoms with Gasteiger partial charge in [-0.3, -0.25) is 0 Å². The highest BCUT2D eigenvalue weighted by Crippen LogP contribution is 2.36. The van der Waals surface area contributed by atoms with Gasteiger partial charge in [-0.2, -0.15) is 0 Å². The van der Waals surface area contributed by atoms with Crippen molar-refractivity contribution in [2.45, 2.75) is 65.3 Å². The van der Waals surface area contributed by atoms with E-state index in [1.807, 2.05) is 12.1 Å². The molecule has 0 unspecified atom stereocenters. The van der Waals surface area contributed by atoms with Crippen molar-refractivity contribution in [3.05, 3.63) is 35.4 Å². The number of benzene rings is 1. The number of ether oxygens (including phenoxy) is 2. The van der Waals surface area contributed by atoms with Crippen LogP contribution in [0, 0.1) is 0 Å². The van der Waals surface area contributed by atoms with E-state index in [1.54, 1.807) is 6.92 Å². The van der Waals surface area contributed by atoms with Crippen molar-refractivity contribution < 1.29 is 18.7 Å². The lowest BCUT2D eigenvalue weighted by Crippen LogP contribution is -2.41. The molecule has 0 aliphatic carbocycles. The van der Waals surface area contributed by atoms with Gasteiger partial charge in [-0.25, -0.2) is 4.79 Å². The molecule has 0 N–H and O–H groups in total. The fourth-order valence-corrected chi connectivity index (χ4v) is 3.24. The van der Waals surface area contributed by atoms with Crippen LogP contribution in [0.3, 0.4) is 0 Å². The number of hydrogen-bond acceptors (Lipinski definition) is 4.